The molecule has 1 heterocycles. The molecule has 6 rings (SSSR count). The molecule has 9 heteroatoms. The van der Waals surface area contributed by atoms with Gasteiger partial charge < -0.3 is 35.1 Å². The Morgan fingerprint density at radius 2 is 1.38 bits per heavy atom. The van der Waals surface area contributed by atoms with Gasteiger partial charge in [0.15, 0.2) is 6.29 Å². The number of ether oxygens (including phenoxy) is 3. The van der Waals surface area contributed by atoms with Crippen molar-refractivity contribution in [2.75, 3.05) is 18.9 Å². The molecule has 0 saturated carbocycles. The van der Waals surface area contributed by atoms with Crippen LogP contribution in [0.15, 0.2) is 133 Å². The minimum absolute atomic E-state index is 0.00526. The molecule has 270 valence electrons. The number of carbonyl (C=O) groups excluding carboxylic acids is 1. The third-order valence-corrected chi connectivity index (χ3v) is 9.68. The van der Waals surface area contributed by atoms with Crippen LogP contribution in [0.4, 0.5) is 10.5 Å². The lowest BCUT2D eigenvalue weighted by Crippen LogP contribution is -2.46. The van der Waals surface area contributed by atoms with Gasteiger partial charge in [0.25, 0.3) is 0 Å². The van der Waals surface area contributed by atoms with E-state index in [-0.39, 0.29) is 36.8 Å². The molecular formula is C43H47N3O6. The number of aliphatic hydroxyl groups is 2. The van der Waals surface area contributed by atoms with Crippen LogP contribution < -0.4 is 15.4 Å². The quantitative estimate of drug-likeness (QED) is 0.0981. The van der Waals surface area contributed by atoms with Crippen LogP contribution in [0.3, 0.4) is 0 Å². The van der Waals surface area contributed by atoms with Gasteiger partial charge in [0, 0.05) is 36.3 Å². The van der Waals surface area contributed by atoms with Crippen LogP contribution in [0.1, 0.15) is 60.2 Å². The molecule has 52 heavy (non-hydrogen) atoms. The molecule has 0 bridgehead atoms. The molecular weight excluding hydrogens is 654 g/mol. The topological polar surface area (TPSA) is 113 Å². The Morgan fingerprint density at radius 3 is 2.04 bits per heavy atom. The molecule has 0 radical (unpaired) electrons. The summed E-state index contributed by atoms with van der Waals surface area (Å²) in [5, 5.41) is 26.5. The predicted octanol–water partition coefficient (Wildman–Crippen LogP) is 8.14. The minimum atomic E-state index is -0.651. The number of nitrogens with one attached hydrogen (secondary N) is 2. The number of urea groups is 1. The maximum Gasteiger partial charge on any atom is 0.319 e. The predicted molar refractivity (Wildman–Crippen MR) is 202 cm³/mol. The summed E-state index contributed by atoms with van der Waals surface area (Å²) in [6.07, 6.45) is -1.75. The lowest BCUT2D eigenvalue weighted by molar-refractivity contribution is -0.276. The van der Waals surface area contributed by atoms with Crippen LogP contribution in [0.25, 0.3) is 0 Å². The lowest BCUT2D eigenvalue weighted by Gasteiger charge is -2.43. The van der Waals surface area contributed by atoms with Crippen LogP contribution in [-0.2, 0) is 22.6 Å². The fourth-order valence-corrected chi connectivity index (χ4v) is 6.33. The van der Waals surface area contributed by atoms with Gasteiger partial charge in [-0.1, -0.05) is 104 Å². The summed E-state index contributed by atoms with van der Waals surface area (Å²) in [7, 11) is 2.01. The van der Waals surface area contributed by atoms with E-state index < -0.39 is 12.4 Å². The molecule has 1 aliphatic heterocycles. The summed E-state index contributed by atoms with van der Waals surface area (Å²) >= 11 is 0. The summed E-state index contributed by atoms with van der Waals surface area (Å²) in [5.74, 6) is 1.42. The Kier molecular flexibility index (Phi) is 12.3. The highest BCUT2D eigenvalue weighted by Crippen LogP contribution is 2.42. The molecule has 4 N–H and O–H groups in total. The number of amides is 2. The Balaban J connectivity index is 1.09. The zero-order valence-electron chi connectivity index (χ0n) is 29.8. The number of likely N-dealkylation sites (N-methyl/N-ethyl adjacent to an activating group) is 1. The van der Waals surface area contributed by atoms with Crippen molar-refractivity contribution in [1.82, 2.24) is 10.2 Å². The molecule has 0 aromatic heterocycles. The molecule has 1 fully saturated rings. The summed E-state index contributed by atoms with van der Waals surface area (Å²) in [5.41, 5.74) is 5.15. The normalized spacial score (nSPS) is 19.8. The molecule has 2 amide bonds. The van der Waals surface area contributed by atoms with E-state index in [2.05, 4.69) is 22.5 Å². The number of rotatable bonds is 13. The van der Waals surface area contributed by atoms with Crippen LogP contribution in [0.2, 0.25) is 0 Å². The summed E-state index contributed by atoms with van der Waals surface area (Å²) in [6.45, 7) is 5.04. The van der Waals surface area contributed by atoms with Crippen molar-refractivity contribution >= 4 is 11.7 Å². The van der Waals surface area contributed by atoms with Crippen molar-refractivity contribution in [1.29, 1.82) is 0 Å². The van der Waals surface area contributed by atoms with E-state index in [0.717, 1.165) is 33.6 Å². The monoisotopic (exact) mass is 701 g/mol. The molecule has 1 aliphatic rings. The fourth-order valence-electron chi connectivity index (χ4n) is 6.33. The van der Waals surface area contributed by atoms with Crippen LogP contribution in [0, 0.1) is 5.92 Å². The van der Waals surface area contributed by atoms with Crippen molar-refractivity contribution in [3.05, 3.63) is 161 Å². The van der Waals surface area contributed by atoms with Gasteiger partial charge in [-0.25, -0.2) is 4.79 Å². The Hall–Kier alpha value is -5.03. The molecule has 9 nitrogen and oxygen atoms in total. The number of anilines is 1. The molecule has 0 spiro atoms. The first-order valence-electron chi connectivity index (χ1n) is 17.7. The fraction of sp³-hybridized carbons (Fsp3) is 0.279. The van der Waals surface area contributed by atoms with Gasteiger partial charge in [-0.2, -0.15) is 0 Å². The van der Waals surface area contributed by atoms with Crippen molar-refractivity contribution < 1.29 is 29.2 Å². The van der Waals surface area contributed by atoms with Crippen molar-refractivity contribution in [2.45, 2.75) is 57.6 Å². The van der Waals surface area contributed by atoms with E-state index in [1.54, 1.807) is 12.1 Å². The molecule has 0 unspecified atom stereocenters. The maximum atomic E-state index is 12.7. The molecule has 5 aromatic carbocycles. The number of nitrogens with zero attached hydrogens (tertiary/aromatic N) is 1. The first-order chi connectivity index (χ1) is 25.3. The van der Waals surface area contributed by atoms with E-state index in [1.807, 2.05) is 135 Å². The summed E-state index contributed by atoms with van der Waals surface area (Å²) in [4.78, 5) is 14.8. The van der Waals surface area contributed by atoms with Gasteiger partial charge in [-0.15, -0.1) is 0 Å². The first-order valence-corrected chi connectivity index (χ1v) is 17.7. The molecule has 1 saturated heterocycles. The number of carbonyl (C=O) groups is 1. The van der Waals surface area contributed by atoms with Crippen molar-refractivity contribution in [2.24, 2.45) is 5.92 Å². The highest BCUT2D eigenvalue weighted by Gasteiger charge is 2.39. The SMILES string of the molecule is C[C@@H]1[C@H](CN(C)[C@@H](C)[C@H](O)c2ccccc2)O[C@H](c2ccc(CNC(=O)Nc3ccc(Oc4ccccc4)cc3)cc2)O[C@@H]1c1ccc(CO)cc1. The zero-order valence-corrected chi connectivity index (χ0v) is 29.8. The van der Waals surface area contributed by atoms with Gasteiger partial charge in [0.2, 0.25) is 0 Å². The highest BCUT2D eigenvalue weighted by atomic mass is 16.7. The van der Waals surface area contributed by atoms with Gasteiger partial charge in [0.05, 0.1) is 24.9 Å². The number of hydrogen-bond acceptors (Lipinski definition) is 7. The summed E-state index contributed by atoms with van der Waals surface area (Å²) in [6, 6.07) is 41.7. The second-order valence-electron chi connectivity index (χ2n) is 13.3. The Bertz CT molecular complexity index is 1840. The standard InChI is InChI=1S/C43H47N3O6/c1-29-39(27-46(3)30(2)40(48)33-10-6-4-7-11-33)51-42(52-41(29)34-18-16-32(28-47)17-19-34)35-20-14-31(15-21-35)26-44-43(49)45-36-22-24-38(25-23-36)50-37-12-8-5-9-13-37/h4-25,29-30,39-42,47-48H,26-28H2,1-3H3,(H2,44,45,49)/t29-,30+,39+,40+,41+,42+/m1/s1. The first kappa shape index (κ1) is 36.8. The van der Waals surface area contributed by atoms with Crippen LogP contribution >= 0.6 is 0 Å². The van der Waals surface area contributed by atoms with E-state index in [9.17, 15) is 15.0 Å². The molecule has 0 aliphatic carbocycles. The number of benzene rings is 5. The van der Waals surface area contributed by atoms with Gasteiger partial charge >= 0.3 is 6.03 Å². The highest BCUT2D eigenvalue weighted by molar-refractivity contribution is 5.89. The van der Waals surface area contributed by atoms with E-state index in [0.29, 0.717) is 24.5 Å². The molecule has 6 atom stereocenters. The van der Waals surface area contributed by atoms with E-state index in [1.165, 1.54) is 0 Å². The van der Waals surface area contributed by atoms with E-state index in [4.69, 9.17) is 14.2 Å². The van der Waals surface area contributed by atoms with Crippen molar-refractivity contribution in [3.8, 4) is 11.5 Å². The maximum absolute atomic E-state index is 12.7. The third kappa shape index (κ3) is 9.44. The van der Waals surface area contributed by atoms with Crippen molar-refractivity contribution in [3.63, 3.8) is 0 Å². The second kappa shape index (κ2) is 17.5. The average Bonchev–Trinajstić information content (AvgIpc) is 3.19. The van der Waals surface area contributed by atoms with Crippen LogP contribution in [-0.4, -0.2) is 46.9 Å². The number of aliphatic hydroxyl groups excluding tert-OH is 2. The largest absolute Gasteiger partial charge is 0.457 e. The average molecular weight is 702 g/mol. The molecule has 5 aromatic rings. The lowest BCUT2D eigenvalue weighted by atomic mass is 9.89. The smallest absolute Gasteiger partial charge is 0.319 e. The summed E-state index contributed by atoms with van der Waals surface area (Å²) < 4.78 is 19.1. The zero-order chi connectivity index (χ0) is 36.5. The van der Waals surface area contributed by atoms with E-state index >= 15 is 0 Å². The minimum Gasteiger partial charge on any atom is -0.457 e. The Labute approximate surface area is 305 Å². The van der Waals surface area contributed by atoms with Gasteiger partial charge in [0.1, 0.15) is 11.5 Å². The van der Waals surface area contributed by atoms with Gasteiger partial charge in [-0.05, 0) is 72.6 Å². The third-order valence-electron chi connectivity index (χ3n) is 9.68. The second-order valence-corrected chi connectivity index (χ2v) is 13.3. The number of hydrogen-bond donors (Lipinski definition) is 4. The Morgan fingerprint density at radius 1 is 0.788 bits per heavy atom. The van der Waals surface area contributed by atoms with Gasteiger partial charge in [-0.3, -0.25) is 4.90 Å². The number of para-hydroxylation sites is 1. The van der Waals surface area contributed by atoms with Crippen LogP contribution in [0.5, 0.6) is 11.5 Å².